The maximum Gasteiger partial charge on any atom is 0.573 e. The molecule has 1 N–H and O–H groups in total. The van der Waals surface area contributed by atoms with E-state index >= 15 is 0 Å². The summed E-state index contributed by atoms with van der Waals surface area (Å²) in [5.41, 5.74) is 0.806. The van der Waals surface area contributed by atoms with Crippen LogP contribution in [0.15, 0.2) is 24.3 Å². The minimum atomic E-state index is -4.65. The fourth-order valence-corrected chi connectivity index (χ4v) is 2.38. The zero-order chi connectivity index (χ0) is 14.8. The van der Waals surface area contributed by atoms with Crippen molar-refractivity contribution in [3.63, 3.8) is 0 Å². The molecule has 1 aliphatic heterocycles. The van der Waals surface area contributed by atoms with Gasteiger partial charge in [0, 0.05) is 31.7 Å². The van der Waals surface area contributed by atoms with E-state index in [-0.39, 0.29) is 11.3 Å². The number of hydrogen-bond donors (Lipinski definition) is 1. The summed E-state index contributed by atoms with van der Waals surface area (Å²) in [5, 5.41) is 3.32. The summed E-state index contributed by atoms with van der Waals surface area (Å²) in [6.07, 6.45) is -4.65. The number of rotatable bonds is 3. The van der Waals surface area contributed by atoms with Crippen LogP contribution in [0.4, 0.5) is 13.2 Å². The molecule has 0 unspecified atom stereocenters. The zero-order valence-corrected chi connectivity index (χ0v) is 11.6. The van der Waals surface area contributed by atoms with Gasteiger partial charge in [-0.15, -0.1) is 13.2 Å². The third-order valence-corrected chi connectivity index (χ3v) is 3.48. The summed E-state index contributed by atoms with van der Waals surface area (Å²) >= 11 is 0. The molecule has 0 bridgehead atoms. The highest BCUT2D eigenvalue weighted by atomic mass is 19.4. The molecule has 0 amide bonds. The molecule has 0 atom stereocenters. The minimum absolute atomic E-state index is 0.0147. The zero-order valence-electron chi connectivity index (χ0n) is 11.6. The second-order valence-electron chi connectivity index (χ2n) is 5.61. The quantitative estimate of drug-likeness (QED) is 0.925. The highest BCUT2D eigenvalue weighted by molar-refractivity contribution is 5.28. The molecule has 1 aromatic rings. The molecule has 1 aliphatic rings. The predicted octanol–water partition coefficient (Wildman–Crippen LogP) is 2.77. The second-order valence-corrected chi connectivity index (χ2v) is 5.61. The van der Waals surface area contributed by atoms with Crippen molar-refractivity contribution in [3.05, 3.63) is 29.8 Å². The van der Waals surface area contributed by atoms with Crippen LogP contribution in [-0.2, 0) is 6.54 Å². The number of benzene rings is 1. The Morgan fingerprint density at radius 3 is 2.75 bits per heavy atom. The molecule has 1 fully saturated rings. The van der Waals surface area contributed by atoms with Gasteiger partial charge in [0.15, 0.2) is 0 Å². The second kappa shape index (κ2) is 5.61. The molecule has 0 saturated carbocycles. The van der Waals surface area contributed by atoms with Crippen LogP contribution in [0.1, 0.15) is 19.4 Å². The van der Waals surface area contributed by atoms with Crippen LogP contribution in [0, 0.1) is 0 Å². The van der Waals surface area contributed by atoms with E-state index in [1.807, 2.05) is 6.07 Å². The van der Waals surface area contributed by atoms with Crippen LogP contribution in [0.5, 0.6) is 5.75 Å². The highest BCUT2D eigenvalue weighted by Crippen LogP contribution is 2.25. The third kappa shape index (κ3) is 4.11. The monoisotopic (exact) mass is 288 g/mol. The van der Waals surface area contributed by atoms with Crippen molar-refractivity contribution >= 4 is 0 Å². The van der Waals surface area contributed by atoms with Crippen LogP contribution < -0.4 is 10.1 Å². The molecule has 0 aliphatic carbocycles. The topological polar surface area (TPSA) is 24.5 Å². The van der Waals surface area contributed by atoms with E-state index in [0.29, 0.717) is 6.54 Å². The highest BCUT2D eigenvalue weighted by Gasteiger charge is 2.32. The Bertz CT molecular complexity index is 460. The van der Waals surface area contributed by atoms with Crippen LogP contribution in [0.25, 0.3) is 0 Å². The van der Waals surface area contributed by atoms with Crippen LogP contribution in [0.2, 0.25) is 0 Å². The summed E-state index contributed by atoms with van der Waals surface area (Å²) in [4.78, 5) is 2.26. The Morgan fingerprint density at radius 2 is 2.10 bits per heavy atom. The molecule has 6 heteroatoms. The number of nitrogens with zero attached hydrogens (tertiary/aromatic N) is 1. The number of piperazine rings is 1. The Balaban J connectivity index is 2.07. The third-order valence-electron chi connectivity index (χ3n) is 3.48. The summed E-state index contributed by atoms with van der Waals surface area (Å²) in [6.45, 7) is 7.49. The summed E-state index contributed by atoms with van der Waals surface area (Å²) < 4.78 is 40.6. The Hall–Kier alpha value is -1.27. The lowest BCUT2D eigenvalue weighted by Gasteiger charge is -2.42. The van der Waals surface area contributed by atoms with E-state index in [0.717, 1.165) is 25.2 Å². The van der Waals surface area contributed by atoms with Gasteiger partial charge >= 0.3 is 6.36 Å². The van der Waals surface area contributed by atoms with Gasteiger partial charge in [0.2, 0.25) is 0 Å². The summed E-state index contributed by atoms with van der Waals surface area (Å²) in [5.74, 6) is -0.164. The number of hydrogen-bond acceptors (Lipinski definition) is 3. The van der Waals surface area contributed by atoms with Crippen molar-refractivity contribution in [2.24, 2.45) is 0 Å². The first-order chi connectivity index (χ1) is 9.26. The minimum Gasteiger partial charge on any atom is -0.406 e. The SMILES string of the molecule is CC1(C)CNCCN1Cc1cccc(OC(F)(F)F)c1. The smallest absolute Gasteiger partial charge is 0.406 e. The lowest BCUT2D eigenvalue weighted by Crippen LogP contribution is -2.57. The van der Waals surface area contributed by atoms with E-state index in [4.69, 9.17) is 0 Å². The Kier molecular flexibility index (Phi) is 4.25. The number of alkyl halides is 3. The molecule has 3 nitrogen and oxygen atoms in total. The van der Waals surface area contributed by atoms with Gasteiger partial charge in [-0.05, 0) is 31.5 Å². The largest absolute Gasteiger partial charge is 0.573 e. The van der Waals surface area contributed by atoms with Gasteiger partial charge < -0.3 is 10.1 Å². The molecule has 1 heterocycles. The molecule has 1 aromatic carbocycles. The molecule has 112 valence electrons. The van der Waals surface area contributed by atoms with Crippen molar-refractivity contribution < 1.29 is 17.9 Å². The van der Waals surface area contributed by atoms with Gasteiger partial charge in [0.05, 0.1) is 0 Å². The molecule has 0 spiro atoms. The van der Waals surface area contributed by atoms with Gasteiger partial charge in [-0.25, -0.2) is 0 Å². The molecule has 1 saturated heterocycles. The molecule has 2 rings (SSSR count). The van der Waals surface area contributed by atoms with Gasteiger partial charge in [0.25, 0.3) is 0 Å². The first-order valence-corrected chi connectivity index (χ1v) is 6.57. The van der Waals surface area contributed by atoms with E-state index in [9.17, 15) is 13.2 Å². The number of halogens is 3. The maximum atomic E-state index is 12.2. The van der Waals surface area contributed by atoms with Crippen LogP contribution in [0.3, 0.4) is 0 Å². The molecular formula is C14H19F3N2O. The fraction of sp³-hybridized carbons (Fsp3) is 0.571. The van der Waals surface area contributed by atoms with Gasteiger partial charge in [-0.1, -0.05) is 12.1 Å². The Labute approximate surface area is 116 Å². The average molecular weight is 288 g/mol. The number of ether oxygens (including phenoxy) is 1. The van der Waals surface area contributed by atoms with Crippen LogP contribution >= 0.6 is 0 Å². The average Bonchev–Trinajstić information content (AvgIpc) is 2.30. The summed E-state index contributed by atoms with van der Waals surface area (Å²) in [6, 6.07) is 6.18. The normalized spacial score (nSPS) is 19.9. The number of nitrogens with one attached hydrogen (secondary N) is 1. The van der Waals surface area contributed by atoms with E-state index < -0.39 is 6.36 Å². The molecule has 0 aromatic heterocycles. The first kappa shape index (κ1) is 15.1. The standard InChI is InChI=1S/C14H19F3N2O/c1-13(2)10-18-6-7-19(13)9-11-4-3-5-12(8-11)20-14(15,16)17/h3-5,8,18H,6-7,9-10H2,1-2H3. The molecule has 0 radical (unpaired) electrons. The van der Waals surface area contributed by atoms with Crippen molar-refractivity contribution in [3.8, 4) is 5.75 Å². The van der Waals surface area contributed by atoms with E-state index in [2.05, 4.69) is 28.8 Å². The fourth-order valence-electron chi connectivity index (χ4n) is 2.38. The lowest BCUT2D eigenvalue weighted by atomic mass is 9.99. The van der Waals surface area contributed by atoms with Gasteiger partial charge in [-0.2, -0.15) is 0 Å². The van der Waals surface area contributed by atoms with Crippen LogP contribution in [-0.4, -0.2) is 36.4 Å². The van der Waals surface area contributed by atoms with Crippen molar-refractivity contribution in [2.45, 2.75) is 32.3 Å². The summed E-state index contributed by atoms with van der Waals surface area (Å²) in [7, 11) is 0. The lowest BCUT2D eigenvalue weighted by molar-refractivity contribution is -0.274. The molecular weight excluding hydrogens is 269 g/mol. The Morgan fingerprint density at radius 1 is 1.35 bits per heavy atom. The first-order valence-electron chi connectivity index (χ1n) is 6.57. The van der Waals surface area contributed by atoms with Crippen molar-refractivity contribution in [1.82, 2.24) is 10.2 Å². The van der Waals surface area contributed by atoms with Crippen molar-refractivity contribution in [1.29, 1.82) is 0 Å². The van der Waals surface area contributed by atoms with Gasteiger partial charge in [-0.3, -0.25) is 4.90 Å². The van der Waals surface area contributed by atoms with Gasteiger partial charge in [0.1, 0.15) is 5.75 Å². The van der Waals surface area contributed by atoms with Crippen molar-refractivity contribution in [2.75, 3.05) is 19.6 Å². The predicted molar refractivity (Wildman–Crippen MR) is 70.5 cm³/mol. The molecule has 20 heavy (non-hydrogen) atoms. The van der Waals surface area contributed by atoms with E-state index in [1.54, 1.807) is 6.07 Å². The maximum absolute atomic E-state index is 12.2. The van der Waals surface area contributed by atoms with E-state index in [1.165, 1.54) is 12.1 Å².